The van der Waals surface area contributed by atoms with Gasteiger partial charge in [-0.1, -0.05) is 41.9 Å². The molecule has 8 heteroatoms. The molecule has 1 aliphatic rings. The first-order valence-corrected chi connectivity index (χ1v) is 8.43. The average Bonchev–Trinajstić information content (AvgIpc) is 3.27. The number of halogens is 1. The molecule has 1 aromatic heterocycles. The molecule has 0 radical (unpaired) electrons. The van der Waals surface area contributed by atoms with Gasteiger partial charge in [-0.25, -0.2) is 4.79 Å². The number of rotatable bonds is 4. The van der Waals surface area contributed by atoms with Crippen LogP contribution < -0.4 is 10.6 Å². The summed E-state index contributed by atoms with van der Waals surface area (Å²) in [6, 6.07) is 14.3. The number of nitrogens with one attached hydrogen (secondary N) is 3. The summed E-state index contributed by atoms with van der Waals surface area (Å²) in [5.41, 5.74) is 2.37. The predicted octanol–water partition coefficient (Wildman–Crippen LogP) is 2.53. The van der Waals surface area contributed by atoms with Crippen LogP contribution in [0.5, 0.6) is 0 Å². The Kier molecular flexibility index (Phi) is 4.22. The molecule has 0 aliphatic carbocycles. The number of benzene rings is 2. The summed E-state index contributed by atoms with van der Waals surface area (Å²) in [6.45, 7) is 0.141. The van der Waals surface area contributed by atoms with E-state index in [-0.39, 0.29) is 12.5 Å². The van der Waals surface area contributed by atoms with E-state index in [9.17, 15) is 9.59 Å². The summed E-state index contributed by atoms with van der Waals surface area (Å²) >= 11 is 5.99. The number of aromatic amines is 1. The third kappa shape index (κ3) is 3.09. The second-order valence-electron chi connectivity index (χ2n) is 5.92. The van der Waals surface area contributed by atoms with Crippen LogP contribution in [-0.2, 0) is 9.53 Å². The highest BCUT2D eigenvalue weighted by Gasteiger charge is 2.32. The molecule has 2 heterocycles. The molecule has 0 bridgehead atoms. The van der Waals surface area contributed by atoms with Gasteiger partial charge in [-0.05, 0) is 23.8 Å². The second-order valence-corrected chi connectivity index (χ2v) is 6.36. The van der Waals surface area contributed by atoms with Crippen molar-refractivity contribution in [3.8, 4) is 0 Å². The quantitative estimate of drug-likeness (QED) is 0.657. The SMILES string of the molecule is O=C1NC[C@@H](C(=O)N[C@@H](c2ccc(Cl)cc2)c2[nH]nc3ccccc23)O1. The Morgan fingerprint density at radius 1 is 1.23 bits per heavy atom. The van der Waals surface area contributed by atoms with Crippen molar-refractivity contribution < 1.29 is 14.3 Å². The molecule has 3 aromatic rings. The first-order chi connectivity index (χ1) is 12.6. The monoisotopic (exact) mass is 370 g/mol. The number of amides is 2. The highest BCUT2D eigenvalue weighted by Crippen LogP contribution is 2.28. The van der Waals surface area contributed by atoms with Gasteiger partial charge in [0.1, 0.15) is 0 Å². The van der Waals surface area contributed by atoms with E-state index in [1.54, 1.807) is 12.1 Å². The van der Waals surface area contributed by atoms with E-state index in [0.717, 1.165) is 22.2 Å². The fraction of sp³-hybridized carbons (Fsp3) is 0.167. The maximum Gasteiger partial charge on any atom is 0.408 e. The van der Waals surface area contributed by atoms with Crippen LogP contribution in [0.2, 0.25) is 5.02 Å². The second kappa shape index (κ2) is 6.68. The Morgan fingerprint density at radius 3 is 2.73 bits per heavy atom. The average molecular weight is 371 g/mol. The molecule has 1 aliphatic heterocycles. The van der Waals surface area contributed by atoms with Gasteiger partial charge in [-0.3, -0.25) is 9.89 Å². The number of carbonyl (C=O) groups excluding carboxylic acids is 2. The molecule has 2 atom stereocenters. The van der Waals surface area contributed by atoms with Gasteiger partial charge in [-0.15, -0.1) is 0 Å². The number of hydrogen-bond donors (Lipinski definition) is 3. The molecule has 1 saturated heterocycles. The Bertz CT molecular complexity index is 970. The van der Waals surface area contributed by atoms with Gasteiger partial charge in [0.2, 0.25) is 0 Å². The fourth-order valence-electron chi connectivity index (χ4n) is 2.95. The van der Waals surface area contributed by atoms with Crippen LogP contribution in [0.4, 0.5) is 4.79 Å². The van der Waals surface area contributed by atoms with Gasteiger partial charge >= 0.3 is 6.09 Å². The lowest BCUT2D eigenvalue weighted by Gasteiger charge is -2.20. The molecule has 0 spiro atoms. The van der Waals surface area contributed by atoms with Crippen molar-refractivity contribution in [2.75, 3.05) is 6.54 Å². The molecule has 4 rings (SSSR count). The van der Waals surface area contributed by atoms with Crippen molar-refractivity contribution in [3.05, 3.63) is 64.8 Å². The minimum atomic E-state index is -0.869. The van der Waals surface area contributed by atoms with Crippen molar-refractivity contribution in [1.29, 1.82) is 0 Å². The lowest BCUT2D eigenvalue weighted by Crippen LogP contribution is -2.39. The van der Waals surface area contributed by atoms with Crippen molar-refractivity contribution >= 4 is 34.5 Å². The summed E-state index contributed by atoms with van der Waals surface area (Å²) in [7, 11) is 0. The highest BCUT2D eigenvalue weighted by molar-refractivity contribution is 6.30. The molecule has 2 aromatic carbocycles. The third-order valence-corrected chi connectivity index (χ3v) is 4.50. The van der Waals surface area contributed by atoms with Crippen LogP contribution in [0.3, 0.4) is 0 Å². The smallest absolute Gasteiger partial charge is 0.408 e. The van der Waals surface area contributed by atoms with E-state index in [1.807, 2.05) is 36.4 Å². The minimum Gasteiger partial charge on any atom is -0.434 e. The lowest BCUT2D eigenvalue weighted by atomic mass is 10.0. The van der Waals surface area contributed by atoms with E-state index in [0.29, 0.717) is 5.02 Å². The van der Waals surface area contributed by atoms with E-state index in [4.69, 9.17) is 16.3 Å². The summed E-state index contributed by atoms with van der Waals surface area (Å²) in [4.78, 5) is 23.8. The lowest BCUT2D eigenvalue weighted by molar-refractivity contribution is -0.128. The third-order valence-electron chi connectivity index (χ3n) is 4.24. The Hall–Kier alpha value is -3.06. The predicted molar refractivity (Wildman–Crippen MR) is 95.8 cm³/mol. The van der Waals surface area contributed by atoms with E-state index >= 15 is 0 Å². The standard InChI is InChI=1S/C18H15ClN4O3/c19-11-7-5-10(6-8-11)15(21-17(24)14-9-20-18(25)26-14)16-12-3-1-2-4-13(12)22-23-16/h1-8,14-15H,9H2,(H,20,25)(H,21,24)(H,22,23)/t14-,15-/m0/s1. The minimum absolute atomic E-state index is 0.141. The number of alkyl carbamates (subject to hydrolysis) is 1. The van der Waals surface area contributed by atoms with Gasteiger partial charge in [0.25, 0.3) is 5.91 Å². The van der Waals surface area contributed by atoms with Crippen LogP contribution in [-0.4, -0.2) is 34.8 Å². The molecular weight excluding hydrogens is 356 g/mol. The van der Waals surface area contributed by atoms with E-state index in [1.165, 1.54) is 0 Å². The Balaban J connectivity index is 1.71. The maximum absolute atomic E-state index is 12.6. The Morgan fingerprint density at radius 2 is 2.00 bits per heavy atom. The number of fused-ring (bicyclic) bond motifs is 1. The molecule has 0 unspecified atom stereocenters. The summed E-state index contributed by atoms with van der Waals surface area (Å²) in [5, 5.41) is 14.2. The number of H-pyrrole nitrogens is 1. The normalized spacial score (nSPS) is 17.6. The number of aromatic nitrogens is 2. The largest absolute Gasteiger partial charge is 0.434 e. The van der Waals surface area contributed by atoms with Gasteiger partial charge in [0.05, 0.1) is 23.8 Å². The molecule has 26 heavy (non-hydrogen) atoms. The van der Waals surface area contributed by atoms with Crippen molar-refractivity contribution in [2.24, 2.45) is 0 Å². The van der Waals surface area contributed by atoms with Gasteiger partial charge in [0, 0.05) is 10.4 Å². The highest BCUT2D eigenvalue weighted by atomic mass is 35.5. The zero-order valence-corrected chi connectivity index (χ0v) is 14.3. The molecule has 3 N–H and O–H groups in total. The number of hydrogen-bond acceptors (Lipinski definition) is 4. The molecule has 0 saturated carbocycles. The van der Waals surface area contributed by atoms with Crippen molar-refractivity contribution in [3.63, 3.8) is 0 Å². The van der Waals surface area contributed by atoms with Crippen molar-refractivity contribution in [1.82, 2.24) is 20.8 Å². The summed E-state index contributed by atoms with van der Waals surface area (Å²) in [6.07, 6.45) is -1.47. The Labute approximate surface area is 153 Å². The van der Waals surface area contributed by atoms with Crippen LogP contribution in [0.1, 0.15) is 17.3 Å². The van der Waals surface area contributed by atoms with Crippen molar-refractivity contribution in [2.45, 2.75) is 12.1 Å². The maximum atomic E-state index is 12.6. The van der Waals surface area contributed by atoms with Gasteiger partial charge < -0.3 is 15.4 Å². The van der Waals surface area contributed by atoms with E-state index in [2.05, 4.69) is 20.8 Å². The van der Waals surface area contributed by atoms with Gasteiger partial charge in [0.15, 0.2) is 6.10 Å². The number of carbonyl (C=O) groups is 2. The van der Waals surface area contributed by atoms with Crippen LogP contribution in [0.25, 0.3) is 10.9 Å². The molecule has 2 amide bonds. The number of cyclic esters (lactones) is 1. The zero-order valence-electron chi connectivity index (χ0n) is 13.5. The number of para-hydroxylation sites is 1. The topological polar surface area (TPSA) is 96.1 Å². The first kappa shape index (κ1) is 16.4. The zero-order chi connectivity index (χ0) is 18.1. The van der Waals surface area contributed by atoms with Crippen LogP contribution in [0, 0.1) is 0 Å². The number of ether oxygens (including phenoxy) is 1. The van der Waals surface area contributed by atoms with Gasteiger partial charge in [-0.2, -0.15) is 5.10 Å². The van der Waals surface area contributed by atoms with Crippen LogP contribution >= 0.6 is 11.6 Å². The summed E-state index contributed by atoms with van der Waals surface area (Å²) in [5.74, 6) is -0.387. The van der Waals surface area contributed by atoms with Crippen LogP contribution in [0.15, 0.2) is 48.5 Å². The summed E-state index contributed by atoms with van der Waals surface area (Å²) < 4.78 is 4.97. The first-order valence-electron chi connectivity index (χ1n) is 8.05. The van der Waals surface area contributed by atoms with E-state index < -0.39 is 18.2 Å². The molecular formula is C18H15ClN4O3. The molecule has 1 fully saturated rings. The fourth-order valence-corrected chi connectivity index (χ4v) is 3.07. The molecule has 132 valence electrons. The number of nitrogens with zero attached hydrogens (tertiary/aromatic N) is 1. The molecule has 7 nitrogen and oxygen atoms in total.